The number of benzene rings is 1. The number of hydrogen-bond donors (Lipinski definition) is 0. The maximum Gasteiger partial charge on any atom is 0.284 e. The molecule has 0 amide bonds. The van der Waals surface area contributed by atoms with Crippen LogP contribution in [0.4, 0.5) is 4.79 Å². The molecule has 0 aliphatic rings. The minimum absolute atomic E-state index is 0.438. The molecule has 0 saturated carbocycles. The lowest BCUT2D eigenvalue weighted by Crippen LogP contribution is -1.73. The van der Waals surface area contributed by atoms with Gasteiger partial charge in [-0.15, -0.1) is 0 Å². The first-order valence-electron chi connectivity index (χ1n) is 2.81. The molecule has 0 radical (unpaired) electrons. The summed E-state index contributed by atoms with van der Waals surface area (Å²) < 4.78 is -0.438. The number of carbonyl (C=O) groups is 1. The van der Waals surface area contributed by atoms with E-state index in [0.29, 0.717) is 5.02 Å². The van der Waals surface area contributed by atoms with E-state index >= 15 is 0 Å². The van der Waals surface area contributed by atoms with Crippen molar-refractivity contribution in [3.05, 3.63) is 29.3 Å². The summed E-state index contributed by atoms with van der Waals surface area (Å²) in [5.74, 6) is 0. The normalized spacial score (nSPS) is 9.64. The molecule has 0 aliphatic carbocycles. The van der Waals surface area contributed by atoms with Gasteiger partial charge in [-0.2, -0.15) is 0 Å². The fourth-order valence-electron chi connectivity index (χ4n) is 0.595. The van der Waals surface area contributed by atoms with E-state index in [4.69, 9.17) is 23.2 Å². The molecule has 0 atom stereocenters. The third kappa shape index (κ3) is 3.14. The number of thioether (sulfide) groups is 1. The van der Waals surface area contributed by atoms with Gasteiger partial charge in [0.25, 0.3) is 4.57 Å². The summed E-state index contributed by atoms with van der Waals surface area (Å²) in [6, 6.07) is 6.91. The maximum atomic E-state index is 10.4. The molecule has 0 spiro atoms. The highest BCUT2D eigenvalue weighted by molar-refractivity contribution is 8.16. The minimum atomic E-state index is -0.438. The van der Waals surface area contributed by atoms with E-state index in [1.807, 2.05) is 0 Å². The number of halogens is 2. The highest BCUT2D eigenvalue weighted by Crippen LogP contribution is 2.22. The van der Waals surface area contributed by atoms with E-state index in [0.717, 1.165) is 16.7 Å². The molecule has 0 fully saturated rings. The lowest BCUT2D eigenvalue weighted by atomic mass is 10.4. The van der Waals surface area contributed by atoms with Crippen LogP contribution < -0.4 is 0 Å². The zero-order chi connectivity index (χ0) is 8.27. The number of hydrogen-bond acceptors (Lipinski definition) is 2. The molecule has 1 rings (SSSR count). The van der Waals surface area contributed by atoms with Crippen LogP contribution in [0, 0.1) is 0 Å². The standard InChI is InChI=1S/C7H4Cl2OS/c8-5-1-3-6(4-2-5)11-7(9)10/h1-4H. The predicted octanol–water partition coefficient (Wildman–Crippen LogP) is 3.79. The van der Waals surface area contributed by atoms with Gasteiger partial charge in [0, 0.05) is 9.92 Å². The zero-order valence-corrected chi connectivity index (χ0v) is 7.71. The zero-order valence-electron chi connectivity index (χ0n) is 5.38. The maximum absolute atomic E-state index is 10.4. The van der Waals surface area contributed by atoms with Gasteiger partial charge in [-0.25, -0.2) is 0 Å². The third-order valence-electron chi connectivity index (χ3n) is 1.01. The lowest BCUT2D eigenvalue weighted by Gasteiger charge is -1.94. The Morgan fingerprint density at radius 1 is 1.27 bits per heavy atom. The largest absolute Gasteiger partial charge is 0.284 e. The van der Waals surface area contributed by atoms with Crippen molar-refractivity contribution >= 4 is 39.5 Å². The minimum Gasteiger partial charge on any atom is -0.268 e. The SMILES string of the molecule is O=C(Cl)Sc1ccc(Cl)cc1. The van der Waals surface area contributed by atoms with Crippen molar-refractivity contribution in [1.82, 2.24) is 0 Å². The van der Waals surface area contributed by atoms with Crippen LogP contribution >= 0.6 is 35.0 Å². The van der Waals surface area contributed by atoms with Crippen LogP contribution in [0.15, 0.2) is 29.2 Å². The Kier molecular flexibility index (Phi) is 3.24. The molecule has 58 valence electrons. The Hall–Kier alpha value is -0.180. The van der Waals surface area contributed by atoms with Crippen molar-refractivity contribution in [2.24, 2.45) is 0 Å². The van der Waals surface area contributed by atoms with Crippen molar-refractivity contribution in [3.8, 4) is 0 Å². The first-order chi connectivity index (χ1) is 5.18. The van der Waals surface area contributed by atoms with Gasteiger partial charge in [0.1, 0.15) is 0 Å². The van der Waals surface area contributed by atoms with Crippen LogP contribution in [0.5, 0.6) is 0 Å². The Morgan fingerprint density at radius 3 is 2.27 bits per heavy atom. The molecule has 1 aromatic rings. The molecule has 0 aromatic heterocycles. The molecule has 4 heteroatoms. The van der Waals surface area contributed by atoms with Crippen molar-refractivity contribution in [2.45, 2.75) is 4.90 Å². The summed E-state index contributed by atoms with van der Waals surface area (Å²) in [6.45, 7) is 0. The van der Waals surface area contributed by atoms with Crippen molar-refractivity contribution in [2.75, 3.05) is 0 Å². The fraction of sp³-hybridized carbons (Fsp3) is 0. The van der Waals surface area contributed by atoms with E-state index in [1.165, 1.54) is 0 Å². The molecule has 0 N–H and O–H groups in total. The van der Waals surface area contributed by atoms with Crippen LogP contribution in [-0.2, 0) is 0 Å². The quantitative estimate of drug-likeness (QED) is 0.514. The van der Waals surface area contributed by atoms with Crippen molar-refractivity contribution in [3.63, 3.8) is 0 Å². The van der Waals surface area contributed by atoms with Gasteiger partial charge in [0.05, 0.1) is 0 Å². The molecule has 11 heavy (non-hydrogen) atoms. The highest BCUT2D eigenvalue weighted by Gasteiger charge is 1.98. The monoisotopic (exact) mass is 206 g/mol. The van der Waals surface area contributed by atoms with Gasteiger partial charge >= 0.3 is 0 Å². The molecule has 1 aromatic carbocycles. The molecular formula is C7H4Cl2OS. The average Bonchev–Trinajstić information content (AvgIpc) is 1.93. The second kappa shape index (κ2) is 4.00. The molecule has 0 unspecified atom stereocenters. The summed E-state index contributed by atoms with van der Waals surface area (Å²) in [6.07, 6.45) is 0. The second-order valence-electron chi connectivity index (χ2n) is 1.79. The van der Waals surface area contributed by atoms with Crippen molar-refractivity contribution < 1.29 is 4.79 Å². The summed E-state index contributed by atoms with van der Waals surface area (Å²) in [5.41, 5.74) is 0. The first-order valence-corrected chi connectivity index (χ1v) is 4.38. The Balaban J connectivity index is 2.74. The van der Waals surface area contributed by atoms with Gasteiger partial charge in [-0.1, -0.05) is 11.6 Å². The van der Waals surface area contributed by atoms with Gasteiger partial charge in [-0.05, 0) is 47.6 Å². The van der Waals surface area contributed by atoms with Crippen LogP contribution in [-0.4, -0.2) is 4.57 Å². The van der Waals surface area contributed by atoms with Gasteiger partial charge in [-0.3, -0.25) is 4.79 Å². The Labute approximate surface area is 78.7 Å². The molecule has 0 heterocycles. The average molecular weight is 207 g/mol. The summed E-state index contributed by atoms with van der Waals surface area (Å²) in [4.78, 5) is 11.2. The van der Waals surface area contributed by atoms with E-state index in [1.54, 1.807) is 24.3 Å². The molecular weight excluding hydrogens is 203 g/mol. The molecule has 1 nitrogen and oxygen atoms in total. The summed E-state index contributed by atoms with van der Waals surface area (Å²) >= 11 is 11.7. The first kappa shape index (κ1) is 8.91. The van der Waals surface area contributed by atoms with Gasteiger partial charge < -0.3 is 0 Å². The third-order valence-corrected chi connectivity index (χ3v) is 2.16. The van der Waals surface area contributed by atoms with Gasteiger partial charge in [0.2, 0.25) is 0 Å². The molecule has 0 bridgehead atoms. The summed E-state index contributed by atoms with van der Waals surface area (Å²) in [5, 5.41) is 0.649. The molecule has 0 saturated heterocycles. The summed E-state index contributed by atoms with van der Waals surface area (Å²) in [7, 11) is 0. The predicted molar refractivity (Wildman–Crippen MR) is 48.6 cm³/mol. The lowest BCUT2D eigenvalue weighted by molar-refractivity contribution is 0.276. The molecule has 0 aliphatic heterocycles. The fourth-order valence-corrected chi connectivity index (χ4v) is 1.45. The topological polar surface area (TPSA) is 17.1 Å². The van der Waals surface area contributed by atoms with Crippen LogP contribution in [0.3, 0.4) is 0 Å². The van der Waals surface area contributed by atoms with Crippen LogP contribution in [0.25, 0.3) is 0 Å². The van der Waals surface area contributed by atoms with Crippen molar-refractivity contribution in [1.29, 1.82) is 0 Å². The Bertz CT molecular complexity index is 258. The van der Waals surface area contributed by atoms with E-state index in [-0.39, 0.29) is 0 Å². The van der Waals surface area contributed by atoms with E-state index in [9.17, 15) is 4.79 Å². The van der Waals surface area contributed by atoms with E-state index in [2.05, 4.69) is 0 Å². The van der Waals surface area contributed by atoms with E-state index < -0.39 is 4.57 Å². The highest BCUT2D eigenvalue weighted by atomic mass is 35.5. The van der Waals surface area contributed by atoms with Crippen LogP contribution in [0.1, 0.15) is 0 Å². The smallest absolute Gasteiger partial charge is 0.268 e. The Morgan fingerprint density at radius 2 is 1.82 bits per heavy atom. The van der Waals surface area contributed by atoms with Crippen LogP contribution in [0.2, 0.25) is 5.02 Å². The number of carbonyl (C=O) groups excluding carboxylic acids is 1. The number of rotatable bonds is 1. The second-order valence-corrected chi connectivity index (χ2v) is 3.84. The van der Waals surface area contributed by atoms with Gasteiger partial charge in [0.15, 0.2) is 0 Å².